The minimum absolute atomic E-state index is 0.0502. The van der Waals surface area contributed by atoms with Crippen LogP contribution < -0.4 is 4.90 Å². The van der Waals surface area contributed by atoms with E-state index in [0.717, 1.165) is 0 Å². The van der Waals surface area contributed by atoms with Gasteiger partial charge in [0.25, 0.3) is 0 Å². The summed E-state index contributed by atoms with van der Waals surface area (Å²) < 4.78 is 12.7. The lowest BCUT2D eigenvalue weighted by molar-refractivity contribution is -0.117. The fourth-order valence-electron chi connectivity index (χ4n) is 1.87. The van der Waals surface area contributed by atoms with Gasteiger partial charge in [-0.1, -0.05) is 23.7 Å². The van der Waals surface area contributed by atoms with Crippen LogP contribution in [0.1, 0.15) is 12.8 Å². The molecule has 1 aromatic rings. The van der Waals surface area contributed by atoms with Crippen LogP contribution in [0.15, 0.2) is 24.3 Å². The Labute approximate surface area is 92.6 Å². The topological polar surface area (TPSA) is 20.3 Å². The number of alkyl halides is 1. The van der Waals surface area contributed by atoms with E-state index < -0.39 is 6.67 Å². The smallest absolute Gasteiger partial charge is 0.227 e. The van der Waals surface area contributed by atoms with Crippen LogP contribution in [0.4, 0.5) is 10.1 Å². The van der Waals surface area contributed by atoms with E-state index in [0.29, 0.717) is 23.6 Å². The van der Waals surface area contributed by atoms with Crippen LogP contribution in [-0.2, 0) is 4.79 Å². The molecule has 0 aromatic heterocycles. The molecule has 1 aliphatic rings. The van der Waals surface area contributed by atoms with Gasteiger partial charge in [-0.15, -0.1) is 0 Å². The van der Waals surface area contributed by atoms with Gasteiger partial charge in [-0.25, -0.2) is 4.39 Å². The van der Waals surface area contributed by atoms with E-state index in [1.165, 1.54) is 4.90 Å². The molecular formula is C11H11ClFNO. The maximum Gasteiger partial charge on any atom is 0.227 e. The van der Waals surface area contributed by atoms with Crippen molar-refractivity contribution in [1.29, 1.82) is 0 Å². The molecular weight excluding hydrogens is 217 g/mol. The van der Waals surface area contributed by atoms with Gasteiger partial charge < -0.3 is 4.90 Å². The summed E-state index contributed by atoms with van der Waals surface area (Å²) in [5.74, 6) is -0.0502. The highest BCUT2D eigenvalue weighted by Gasteiger charge is 2.32. The number of carbonyl (C=O) groups is 1. The van der Waals surface area contributed by atoms with E-state index in [9.17, 15) is 9.18 Å². The van der Waals surface area contributed by atoms with Crippen molar-refractivity contribution < 1.29 is 9.18 Å². The molecule has 1 saturated heterocycles. The lowest BCUT2D eigenvalue weighted by Gasteiger charge is -2.23. The number of para-hydroxylation sites is 1. The van der Waals surface area contributed by atoms with Gasteiger partial charge in [0.1, 0.15) is 6.67 Å². The summed E-state index contributed by atoms with van der Waals surface area (Å²) in [4.78, 5) is 13.1. The summed E-state index contributed by atoms with van der Waals surface area (Å²) in [5, 5.41) is 0.492. The molecule has 15 heavy (non-hydrogen) atoms. The highest BCUT2D eigenvalue weighted by atomic mass is 35.5. The molecule has 1 fully saturated rings. The molecule has 2 rings (SSSR count). The molecule has 2 nitrogen and oxygen atoms in total. The Morgan fingerprint density at radius 1 is 1.47 bits per heavy atom. The Bertz CT molecular complexity index is 383. The maximum absolute atomic E-state index is 12.7. The molecule has 1 aliphatic heterocycles. The molecule has 0 radical (unpaired) electrons. The molecule has 1 atom stereocenters. The number of amides is 1. The Hall–Kier alpha value is -1.09. The van der Waals surface area contributed by atoms with Crippen LogP contribution in [0, 0.1) is 0 Å². The van der Waals surface area contributed by atoms with Gasteiger partial charge in [-0.05, 0) is 18.6 Å². The first kappa shape index (κ1) is 10.4. The molecule has 0 spiro atoms. The van der Waals surface area contributed by atoms with Crippen LogP contribution in [0.25, 0.3) is 0 Å². The zero-order chi connectivity index (χ0) is 10.8. The number of halogens is 2. The monoisotopic (exact) mass is 227 g/mol. The first-order valence-corrected chi connectivity index (χ1v) is 5.24. The SMILES string of the molecule is O=C1CC[C@@H](CF)N1c1ccccc1Cl. The molecule has 0 unspecified atom stereocenters. The molecule has 0 N–H and O–H groups in total. The van der Waals surface area contributed by atoms with Crippen molar-refractivity contribution in [2.24, 2.45) is 0 Å². The predicted octanol–water partition coefficient (Wildman–Crippen LogP) is 2.80. The van der Waals surface area contributed by atoms with Gasteiger partial charge >= 0.3 is 0 Å². The average Bonchev–Trinajstić information content (AvgIpc) is 2.60. The zero-order valence-corrected chi connectivity index (χ0v) is 8.88. The molecule has 1 aromatic carbocycles. The normalized spacial score (nSPS) is 21.1. The third-order valence-electron chi connectivity index (χ3n) is 2.62. The number of nitrogens with zero attached hydrogens (tertiary/aromatic N) is 1. The first-order valence-electron chi connectivity index (χ1n) is 4.86. The second-order valence-corrected chi connectivity index (χ2v) is 3.97. The lowest BCUT2D eigenvalue weighted by Crippen LogP contribution is -2.34. The third-order valence-corrected chi connectivity index (χ3v) is 2.93. The van der Waals surface area contributed by atoms with Crippen LogP contribution in [0.3, 0.4) is 0 Å². The van der Waals surface area contributed by atoms with Crippen LogP contribution >= 0.6 is 11.6 Å². The van der Waals surface area contributed by atoms with Crippen LogP contribution in [0.5, 0.6) is 0 Å². The summed E-state index contributed by atoms with van der Waals surface area (Å²) in [6.45, 7) is -0.517. The number of benzene rings is 1. The highest BCUT2D eigenvalue weighted by Crippen LogP contribution is 2.32. The van der Waals surface area contributed by atoms with E-state index in [-0.39, 0.29) is 11.9 Å². The van der Waals surface area contributed by atoms with Crippen LogP contribution in [0.2, 0.25) is 5.02 Å². The summed E-state index contributed by atoms with van der Waals surface area (Å²) >= 11 is 5.98. The number of hydrogen-bond acceptors (Lipinski definition) is 1. The summed E-state index contributed by atoms with van der Waals surface area (Å²) in [6.07, 6.45) is 0.973. The van der Waals surface area contributed by atoms with Gasteiger partial charge in [-0.2, -0.15) is 0 Å². The molecule has 4 heteroatoms. The Balaban J connectivity index is 2.36. The molecule has 0 aliphatic carbocycles. The Kier molecular flexibility index (Phi) is 2.91. The van der Waals surface area contributed by atoms with Gasteiger partial charge in [0.05, 0.1) is 16.8 Å². The summed E-state index contributed by atoms with van der Waals surface area (Å²) in [5.41, 5.74) is 0.615. The summed E-state index contributed by atoms with van der Waals surface area (Å²) in [7, 11) is 0. The van der Waals surface area contributed by atoms with Crippen molar-refractivity contribution in [2.45, 2.75) is 18.9 Å². The lowest BCUT2D eigenvalue weighted by atomic mass is 10.2. The standard InChI is InChI=1S/C11H11ClFNO/c12-9-3-1-2-4-10(9)14-8(7-13)5-6-11(14)15/h1-4,8H,5-7H2/t8-/m0/s1. The minimum atomic E-state index is -0.517. The van der Waals surface area contributed by atoms with E-state index in [4.69, 9.17) is 11.6 Å². The number of carbonyl (C=O) groups excluding carboxylic acids is 1. The predicted molar refractivity (Wildman–Crippen MR) is 57.9 cm³/mol. The fourth-order valence-corrected chi connectivity index (χ4v) is 2.09. The Morgan fingerprint density at radius 3 is 2.87 bits per heavy atom. The quantitative estimate of drug-likeness (QED) is 0.761. The number of rotatable bonds is 2. The molecule has 1 amide bonds. The van der Waals surface area contributed by atoms with Crippen molar-refractivity contribution >= 4 is 23.2 Å². The van der Waals surface area contributed by atoms with Crippen molar-refractivity contribution in [3.8, 4) is 0 Å². The van der Waals surface area contributed by atoms with E-state index in [2.05, 4.69) is 0 Å². The van der Waals surface area contributed by atoms with E-state index >= 15 is 0 Å². The highest BCUT2D eigenvalue weighted by molar-refractivity contribution is 6.33. The van der Waals surface area contributed by atoms with Crippen molar-refractivity contribution in [1.82, 2.24) is 0 Å². The van der Waals surface area contributed by atoms with Gasteiger partial charge in [-0.3, -0.25) is 4.79 Å². The van der Waals surface area contributed by atoms with E-state index in [1.54, 1.807) is 24.3 Å². The van der Waals surface area contributed by atoms with Crippen molar-refractivity contribution in [2.75, 3.05) is 11.6 Å². The molecule has 0 saturated carbocycles. The molecule has 0 bridgehead atoms. The van der Waals surface area contributed by atoms with Gasteiger partial charge in [0.15, 0.2) is 0 Å². The zero-order valence-electron chi connectivity index (χ0n) is 8.12. The number of hydrogen-bond donors (Lipinski definition) is 0. The number of anilines is 1. The minimum Gasteiger partial charge on any atom is -0.305 e. The van der Waals surface area contributed by atoms with Crippen molar-refractivity contribution in [3.63, 3.8) is 0 Å². The van der Waals surface area contributed by atoms with Crippen molar-refractivity contribution in [3.05, 3.63) is 29.3 Å². The first-order chi connectivity index (χ1) is 7.24. The average molecular weight is 228 g/mol. The fraction of sp³-hybridized carbons (Fsp3) is 0.364. The Morgan fingerprint density at radius 2 is 2.20 bits per heavy atom. The molecule has 1 heterocycles. The second kappa shape index (κ2) is 4.19. The third kappa shape index (κ3) is 1.84. The van der Waals surface area contributed by atoms with Gasteiger partial charge in [0.2, 0.25) is 5.91 Å². The van der Waals surface area contributed by atoms with E-state index in [1.807, 2.05) is 0 Å². The van der Waals surface area contributed by atoms with Crippen LogP contribution in [-0.4, -0.2) is 18.6 Å². The molecule has 80 valence electrons. The largest absolute Gasteiger partial charge is 0.305 e. The second-order valence-electron chi connectivity index (χ2n) is 3.56. The summed E-state index contributed by atoms with van der Waals surface area (Å²) in [6, 6.07) is 6.68. The maximum atomic E-state index is 12.7. The van der Waals surface area contributed by atoms with Gasteiger partial charge in [0, 0.05) is 6.42 Å².